The van der Waals surface area contributed by atoms with Gasteiger partial charge >= 0.3 is 0 Å². The predicted molar refractivity (Wildman–Crippen MR) is 91.7 cm³/mol. The Morgan fingerprint density at radius 1 is 1.00 bits per heavy atom. The largest absolute Gasteiger partial charge is 0.354 e. The van der Waals surface area contributed by atoms with Crippen LogP contribution in [0.5, 0.6) is 0 Å². The first kappa shape index (κ1) is 18.3. The summed E-state index contributed by atoms with van der Waals surface area (Å²) in [5.74, 6) is -0.924. The van der Waals surface area contributed by atoms with Crippen molar-refractivity contribution in [2.24, 2.45) is 0 Å². The molecule has 1 aromatic rings. The lowest BCUT2D eigenvalue weighted by atomic mass is 9.64. The first-order valence-electron chi connectivity index (χ1n) is 7.95. The van der Waals surface area contributed by atoms with Gasteiger partial charge in [0.15, 0.2) is 0 Å². The Bertz CT molecular complexity index is 612. The second-order valence-corrected chi connectivity index (χ2v) is 6.54. The van der Waals surface area contributed by atoms with E-state index in [2.05, 4.69) is 16.0 Å². The summed E-state index contributed by atoms with van der Waals surface area (Å²) < 4.78 is 0. The quantitative estimate of drug-likeness (QED) is 0.688. The zero-order chi connectivity index (χ0) is 17.6. The summed E-state index contributed by atoms with van der Waals surface area (Å²) in [6.07, 6.45) is 3.17. The number of hydrogen-bond donors (Lipinski definition) is 3. The fourth-order valence-corrected chi connectivity index (χ4v) is 2.88. The zero-order valence-corrected chi connectivity index (χ0v) is 14.4. The van der Waals surface area contributed by atoms with Crippen molar-refractivity contribution in [2.45, 2.75) is 31.6 Å². The molecule has 1 saturated carbocycles. The van der Waals surface area contributed by atoms with Crippen LogP contribution in [0.4, 0.5) is 0 Å². The van der Waals surface area contributed by atoms with Crippen molar-refractivity contribution in [3.05, 3.63) is 34.9 Å². The molecule has 0 aliphatic heterocycles. The van der Waals surface area contributed by atoms with Gasteiger partial charge < -0.3 is 16.0 Å². The highest BCUT2D eigenvalue weighted by molar-refractivity contribution is 6.30. The fourth-order valence-electron chi connectivity index (χ4n) is 2.75. The molecule has 1 aliphatic carbocycles. The van der Waals surface area contributed by atoms with Crippen LogP contribution in [0, 0.1) is 0 Å². The molecule has 24 heavy (non-hydrogen) atoms. The number of hydrogen-bond acceptors (Lipinski definition) is 3. The molecule has 1 aliphatic rings. The molecule has 130 valence electrons. The summed E-state index contributed by atoms with van der Waals surface area (Å²) >= 11 is 5.93. The van der Waals surface area contributed by atoms with Crippen LogP contribution in [-0.2, 0) is 19.8 Å². The van der Waals surface area contributed by atoms with Gasteiger partial charge in [-0.3, -0.25) is 14.4 Å². The van der Waals surface area contributed by atoms with E-state index in [9.17, 15) is 14.4 Å². The Balaban J connectivity index is 1.78. The molecule has 1 fully saturated rings. The molecule has 0 bridgehead atoms. The standard InChI is InChI=1S/C17H22ClN3O3/c1-12(22)19-9-15(23)20-10-16(24)21-11-17(7-2-8-17)13-3-5-14(18)6-4-13/h3-6H,2,7-11H2,1H3,(H,19,22)(H,20,23)(H,21,24). The number of carbonyl (C=O) groups excluding carboxylic acids is 3. The molecule has 0 atom stereocenters. The third-order valence-electron chi connectivity index (χ3n) is 4.34. The third-order valence-corrected chi connectivity index (χ3v) is 4.59. The molecule has 3 N–H and O–H groups in total. The first-order valence-corrected chi connectivity index (χ1v) is 8.33. The molecule has 3 amide bonds. The molecule has 0 unspecified atom stereocenters. The van der Waals surface area contributed by atoms with E-state index < -0.39 is 5.91 Å². The summed E-state index contributed by atoms with van der Waals surface area (Å²) in [7, 11) is 0. The Morgan fingerprint density at radius 2 is 1.58 bits per heavy atom. The molecule has 0 heterocycles. The second-order valence-electron chi connectivity index (χ2n) is 6.10. The zero-order valence-electron chi connectivity index (χ0n) is 13.7. The minimum atomic E-state index is -0.392. The van der Waals surface area contributed by atoms with Crippen molar-refractivity contribution in [1.29, 1.82) is 0 Å². The van der Waals surface area contributed by atoms with Gasteiger partial charge in [-0.1, -0.05) is 30.2 Å². The maximum atomic E-state index is 11.9. The van der Waals surface area contributed by atoms with Crippen molar-refractivity contribution < 1.29 is 14.4 Å². The predicted octanol–water partition coefficient (Wildman–Crippen LogP) is 1.13. The van der Waals surface area contributed by atoms with Gasteiger partial charge in [-0.05, 0) is 30.5 Å². The van der Waals surface area contributed by atoms with Crippen LogP contribution in [-0.4, -0.2) is 37.4 Å². The van der Waals surface area contributed by atoms with E-state index >= 15 is 0 Å². The van der Waals surface area contributed by atoms with E-state index in [1.54, 1.807) is 0 Å². The maximum Gasteiger partial charge on any atom is 0.239 e. The topological polar surface area (TPSA) is 87.3 Å². The molecular formula is C17H22ClN3O3. The molecule has 6 nitrogen and oxygen atoms in total. The Labute approximate surface area is 146 Å². The Kier molecular flexibility index (Phi) is 6.20. The number of amides is 3. The smallest absolute Gasteiger partial charge is 0.239 e. The minimum Gasteiger partial charge on any atom is -0.354 e. The lowest BCUT2D eigenvalue weighted by Crippen LogP contribution is -2.48. The van der Waals surface area contributed by atoms with Crippen LogP contribution in [0.25, 0.3) is 0 Å². The average molecular weight is 352 g/mol. The summed E-state index contributed by atoms with van der Waals surface area (Å²) in [6, 6.07) is 7.73. The number of halogens is 1. The lowest BCUT2D eigenvalue weighted by Gasteiger charge is -2.42. The van der Waals surface area contributed by atoms with Gasteiger partial charge in [-0.15, -0.1) is 0 Å². The normalized spacial score (nSPS) is 15.1. The van der Waals surface area contributed by atoms with Gasteiger partial charge in [0, 0.05) is 23.9 Å². The summed E-state index contributed by atoms with van der Waals surface area (Å²) in [6.45, 7) is 1.64. The highest BCUT2D eigenvalue weighted by atomic mass is 35.5. The third kappa shape index (κ3) is 4.96. The van der Waals surface area contributed by atoms with Crippen LogP contribution in [0.3, 0.4) is 0 Å². The van der Waals surface area contributed by atoms with Crippen molar-refractivity contribution in [2.75, 3.05) is 19.6 Å². The van der Waals surface area contributed by atoms with E-state index in [1.165, 1.54) is 12.5 Å². The number of benzene rings is 1. The molecule has 7 heteroatoms. The van der Waals surface area contributed by atoms with E-state index in [0.29, 0.717) is 11.6 Å². The molecule has 0 radical (unpaired) electrons. The van der Waals surface area contributed by atoms with Gasteiger partial charge in [0.25, 0.3) is 0 Å². The van der Waals surface area contributed by atoms with Gasteiger partial charge in [0.2, 0.25) is 17.7 Å². The molecular weight excluding hydrogens is 330 g/mol. The highest BCUT2D eigenvalue weighted by Crippen LogP contribution is 2.43. The van der Waals surface area contributed by atoms with E-state index in [0.717, 1.165) is 19.3 Å². The summed E-state index contributed by atoms with van der Waals surface area (Å²) in [5.41, 5.74) is 1.13. The monoisotopic (exact) mass is 351 g/mol. The highest BCUT2D eigenvalue weighted by Gasteiger charge is 2.38. The van der Waals surface area contributed by atoms with Crippen molar-refractivity contribution in [1.82, 2.24) is 16.0 Å². The van der Waals surface area contributed by atoms with Crippen LogP contribution in [0.2, 0.25) is 5.02 Å². The molecule has 0 spiro atoms. The van der Waals surface area contributed by atoms with E-state index in [1.807, 2.05) is 24.3 Å². The summed E-state index contributed by atoms with van der Waals surface area (Å²) in [5, 5.41) is 8.43. The van der Waals surface area contributed by atoms with Gasteiger partial charge in [0.1, 0.15) is 0 Å². The number of nitrogens with one attached hydrogen (secondary N) is 3. The average Bonchev–Trinajstić information content (AvgIpc) is 2.51. The lowest BCUT2D eigenvalue weighted by molar-refractivity contribution is -0.127. The molecule has 1 aromatic carbocycles. The molecule has 0 aromatic heterocycles. The van der Waals surface area contributed by atoms with Crippen LogP contribution in [0.1, 0.15) is 31.7 Å². The van der Waals surface area contributed by atoms with Gasteiger partial charge in [0.05, 0.1) is 13.1 Å². The SMILES string of the molecule is CC(=O)NCC(=O)NCC(=O)NCC1(c2ccc(Cl)cc2)CCC1. The minimum absolute atomic E-state index is 0.0412. The van der Waals surface area contributed by atoms with Crippen molar-refractivity contribution in [3.63, 3.8) is 0 Å². The Morgan fingerprint density at radius 3 is 2.12 bits per heavy atom. The van der Waals surface area contributed by atoms with Crippen molar-refractivity contribution >= 4 is 29.3 Å². The van der Waals surface area contributed by atoms with E-state index in [-0.39, 0.29) is 30.3 Å². The van der Waals surface area contributed by atoms with Crippen LogP contribution < -0.4 is 16.0 Å². The fraction of sp³-hybridized carbons (Fsp3) is 0.471. The Hall–Kier alpha value is -2.08. The van der Waals surface area contributed by atoms with Gasteiger partial charge in [-0.25, -0.2) is 0 Å². The van der Waals surface area contributed by atoms with Crippen LogP contribution >= 0.6 is 11.6 Å². The first-order chi connectivity index (χ1) is 11.4. The molecule has 0 saturated heterocycles. The molecule has 2 rings (SSSR count). The summed E-state index contributed by atoms with van der Waals surface area (Å²) in [4.78, 5) is 34.1. The van der Waals surface area contributed by atoms with Crippen molar-refractivity contribution in [3.8, 4) is 0 Å². The maximum absolute atomic E-state index is 11.9. The number of carbonyl (C=O) groups is 3. The van der Waals surface area contributed by atoms with Gasteiger partial charge in [-0.2, -0.15) is 0 Å². The van der Waals surface area contributed by atoms with Crippen LogP contribution in [0.15, 0.2) is 24.3 Å². The number of rotatable bonds is 7. The van der Waals surface area contributed by atoms with E-state index in [4.69, 9.17) is 11.6 Å². The second kappa shape index (κ2) is 8.15.